The number of amides is 1. The Morgan fingerprint density at radius 2 is 1.90 bits per heavy atom. The molecule has 0 spiro atoms. The first-order valence-corrected chi connectivity index (χ1v) is 10.0. The van der Waals surface area contributed by atoms with Crippen LogP contribution < -0.4 is 14.8 Å². The zero-order valence-corrected chi connectivity index (χ0v) is 17.3. The van der Waals surface area contributed by atoms with Crippen molar-refractivity contribution < 1.29 is 27.8 Å². The highest BCUT2D eigenvalue weighted by Gasteiger charge is 2.19. The Morgan fingerprint density at radius 1 is 1.16 bits per heavy atom. The second-order valence-corrected chi connectivity index (χ2v) is 7.01. The number of nitrogens with zero attached hydrogens (tertiary/aromatic N) is 1. The molecular formula is C23H26F2N2O4. The molecule has 0 bridgehead atoms. The molecule has 1 N–H and O–H groups in total. The fourth-order valence-electron chi connectivity index (χ4n) is 3.33. The van der Waals surface area contributed by atoms with Gasteiger partial charge in [0.2, 0.25) is 5.91 Å². The minimum atomic E-state index is -2.94. The molecule has 1 aliphatic rings. The number of rotatable bonds is 9. The topological polar surface area (TPSA) is 60.0 Å². The monoisotopic (exact) mass is 432 g/mol. The fraction of sp³-hybridized carbons (Fsp3) is 0.348. The van der Waals surface area contributed by atoms with Gasteiger partial charge in [-0.05, 0) is 29.3 Å². The van der Waals surface area contributed by atoms with Crippen LogP contribution in [0.5, 0.6) is 11.5 Å². The molecule has 8 heteroatoms. The lowest BCUT2D eigenvalue weighted by atomic mass is 10.1. The lowest BCUT2D eigenvalue weighted by Crippen LogP contribution is -2.42. The number of nitrogens with one attached hydrogen (secondary N) is 1. The SMILES string of the molecule is COc1cc(/C=C/C(=O)N[C@@H](CN2CCOCC2)c2ccccc2)ccc1OC(F)F. The molecule has 0 saturated carbocycles. The summed E-state index contributed by atoms with van der Waals surface area (Å²) in [6.45, 7) is 0.747. The van der Waals surface area contributed by atoms with E-state index in [4.69, 9.17) is 9.47 Å². The van der Waals surface area contributed by atoms with Crippen LogP contribution in [0.3, 0.4) is 0 Å². The molecule has 0 aromatic heterocycles. The smallest absolute Gasteiger partial charge is 0.387 e. The molecule has 1 saturated heterocycles. The Hall–Kier alpha value is -2.97. The van der Waals surface area contributed by atoms with Crippen LogP contribution in [0.15, 0.2) is 54.6 Å². The molecule has 3 rings (SSSR count). The number of methoxy groups -OCH3 is 1. The van der Waals surface area contributed by atoms with Crippen LogP contribution in [0.4, 0.5) is 8.78 Å². The number of hydrogen-bond donors (Lipinski definition) is 1. The quantitative estimate of drug-likeness (QED) is 0.615. The number of hydrogen-bond acceptors (Lipinski definition) is 5. The standard InChI is InChI=1S/C23H26F2N2O4/c1-29-21-15-17(7-9-20(21)31-23(24)25)8-10-22(28)26-19(18-5-3-2-4-6-18)16-27-11-13-30-14-12-27/h2-10,15,19,23H,11-14,16H2,1H3,(H,26,28)/b10-8+/t19-/m0/s1. The van der Waals surface area contributed by atoms with Crippen molar-refractivity contribution in [1.82, 2.24) is 10.2 Å². The first kappa shape index (κ1) is 22.7. The minimum Gasteiger partial charge on any atom is -0.493 e. The van der Waals surface area contributed by atoms with Gasteiger partial charge < -0.3 is 19.5 Å². The Morgan fingerprint density at radius 3 is 2.58 bits per heavy atom. The summed E-state index contributed by atoms with van der Waals surface area (Å²) in [5.41, 5.74) is 1.64. The average Bonchev–Trinajstić information content (AvgIpc) is 2.79. The van der Waals surface area contributed by atoms with Crippen LogP contribution in [0.1, 0.15) is 17.2 Å². The van der Waals surface area contributed by atoms with Crippen molar-refractivity contribution >= 4 is 12.0 Å². The van der Waals surface area contributed by atoms with Crippen molar-refractivity contribution in [2.75, 3.05) is 40.0 Å². The number of halogens is 2. The molecule has 1 amide bonds. The molecular weight excluding hydrogens is 406 g/mol. The number of ether oxygens (including phenoxy) is 3. The highest BCUT2D eigenvalue weighted by Crippen LogP contribution is 2.29. The van der Waals surface area contributed by atoms with E-state index >= 15 is 0 Å². The summed E-state index contributed by atoms with van der Waals surface area (Å²) < 4.78 is 39.8. The van der Waals surface area contributed by atoms with Crippen LogP contribution >= 0.6 is 0 Å². The van der Waals surface area contributed by atoms with Crippen LogP contribution in [0.2, 0.25) is 0 Å². The minimum absolute atomic E-state index is 0.0613. The van der Waals surface area contributed by atoms with Gasteiger partial charge in [0.05, 0.1) is 26.4 Å². The lowest BCUT2D eigenvalue weighted by Gasteiger charge is -2.31. The number of benzene rings is 2. The van der Waals surface area contributed by atoms with E-state index in [2.05, 4.69) is 15.0 Å². The maximum Gasteiger partial charge on any atom is 0.387 e. The average molecular weight is 432 g/mol. The molecule has 31 heavy (non-hydrogen) atoms. The Bertz CT molecular complexity index is 871. The van der Waals surface area contributed by atoms with Crippen molar-refractivity contribution in [1.29, 1.82) is 0 Å². The van der Waals surface area contributed by atoms with Crippen molar-refractivity contribution in [3.05, 3.63) is 65.7 Å². The van der Waals surface area contributed by atoms with E-state index in [9.17, 15) is 13.6 Å². The summed E-state index contributed by atoms with van der Waals surface area (Å²) in [5, 5.41) is 3.05. The van der Waals surface area contributed by atoms with Gasteiger partial charge in [-0.2, -0.15) is 8.78 Å². The molecule has 1 heterocycles. The van der Waals surface area contributed by atoms with Crippen LogP contribution in [-0.4, -0.2) is 57.4 Å². The Balaban J connectivity index is 1.67. The largest absolute Gasteiger partial charge is 0.493 e. The Labute approximate surface area is 180 Å². The van der Waals surface area contributed by atoms with E-state index in [0.29, 0.717) is 25.3 Å². The van der Waals surface area contributed by atoms with Crippen molar-refractivity contribution in [2.24, 2.45) is 0 Å². The third kappa shape index (κ3) is 7.04. The van der Waals surface area contributed by atoms with Gasteiger partial charge in [0.25, 0.3) is 0 Å². The predicted octanol–water partition coefficient (Wildman–Crippen LogP) is 3.50. The molecule has 2 aromatic carbocycles. The summed E-state index contributed by atoms with van der Waals surface area (Å²) >= 11 is 0. The molecule has 1 atom stereocenters. The van der Waals surface area contributed by atoms with Gasteiger partial charge in [-0.15, -0.1) is 0 Å². The van der Waals surface area contributed by atoms with Gasteiger partial charge in [-0.1, -0.05) is 36.4 Å². The van der Waals surface area contributed by atoms with E-state index in [1.54, 1.807) is 12.1 Å². The molecule has 1 fully saturated rings. The van der Waals surface area contributed by atoms with Gasteiger partial charge in [-0.3, -0.25) is 9.69 Å². The normalized spacial score (nSPS) is 15.7. The van der Waals surface area contributed by atoms with Gasteiger partial charge >= 0.3 is 6.61 Å². The van der Waals surface area contributed by atoms with Crippen LogP contribution in [0.25, 0.3) is 6.08 Å². The van der Waals surface area contributed by atoms with Crippen molar-refractivity contribution in [2.45, 2.75) is 12.7 Å². The summed E-state index contributed by atoms with van der Waals surface area (Å²) in [6.07, 6.45) is 3.01. The third-order valence-corrected chi connectivity index (χ3v) is 4.89. The predicted molar refractivity (Wildman–Crippen MR) is 113 cm³/mol. The van der Waals surface area contributed by atoms with Gasteiger partial charge in [0.15, 0.2) is 11.5 Å². The summed E-state index contributed by atoms with van der Waals surface area (Å²) in [6, 6.07) is 14.1. The third-order valence-electron chi connectivity index (χ3n) is 4.89. The number of morpholine rings is 1. The molecule has 0 aliphatic carbocycles. The highest BCUT2D eigenvalue weighted by molar-refractivity contribution is 5.92. The summed E-state index contributed by atoms with van der Waals surface area (Å²) in [5.74, 6) is -0.153. The molecule has 0 radical (unpaired) electrons. The second-order valence-electron chi connectivity index (χ2n) is 7.01. The second kappa shape index (κ2) is 11.4. The van der Waals surface area contributed by atoms with E-state index in [-0.39, 0.29) is 23.4 Å². The summed E-state index contributed by atoms with van der Waals surface area (Å²) in [7, 11) is 1.37. The van der Waals surface area contributed by atoms with Crippen LogP contribution in [0, 0.1) is 0 Å². The molecule has 1 aliphatic heterocycles. The summed E-state index contributed by atoms with van der Waals surface area (Å²) in [4.78, 5) is 14.9. The van der Waals surface area contributed by atoms with Crippen molar-refractivity contribution in [3.8, 4) is 11.5 Å². The fourth-order valence-corrected chi connectivity index (χ4v) is 3.33. The van der Waals surface area contributed by atoms with Crippen LogP contribution in [-0.2, 0) is 9.53 Å². The lowest BCUT2D eigenvalue weighted by molar-refractivity contribution is -0.117. The molecule has 6 nitrogen and oxygen atoms in total. The van der Waals surface area contributed by atoms with E-state index in [0.717, 1.165) is 18.7 Å². The van der Waals surface area contributed by atoms with Crippen molar-refractivity contribution in [3.63, 3.8) is 0 Å². The zero-order chi connectivity index (χ0) is 22.1. The first-order valence-electron chi connectivity index (χ1n) is 10.0. The zero-order valence-electron chi connectivity index (χ0n) is 17.3. The van der Waals surface area contributed by atoms with E-state index in [1.165, 1.54) is 25.3 Å². The number of carbonyl (C=O) groups is 1. The number of alkyl halides is 2. The maximum absolute atomic E-state index is 12.6. The van der Waals surface area contributed by atoms with Gasteiger partial charge in [0, 0.05) is 25.7 Å². The van der Waals surface area contributed by atoms with Gasteiger partial charge in [-0.25, -0.2) is 0 Å². The molecule has 2 aromatic rings. The highest BCUT2D eigenvalue weighted by atomic mass is 19.3. The van der Waals surface area contributed by atoms with E-state index < -0.39 is 6.61 Å². The first-order chi connectivity index (χ1) is 15.0. The molecule has 166 valence electrons. The Kier molecular flexibility index (Phi) is 8.37. The maximum atomic E-state index is 12.6. The van der Waals surface area contributed by atoms with Gasteiger partial charge in [0.1, 0.15) is 0 Å². The number of carbonyl (C=O) groups excluding carboxylic acids is 1. The molecule has 0 unspecified atom stereocenters. The van der Waals surface area contributed by atoms with E-state index in [1.807, 2.05) is 30.3 Å².